The summed E-state index contributed by atoms with van der Waals surface area (Å²) < 4.78 is 1.89. The fourth-order valence-corrected chi connectivity index (χ4v) is 3.36. The molecule has 4 rings (SSSR count). The Balaban J connectivity index is 1.87. The minimum atomic E-state index is 0.0969. The first-order valence-electron chi connectivity index (χ1n) is 7.92. The van der Waals surface area contributed by atoms with Crippen molar-refractivity contribution in [3.05, 3.63) is 48.0 Å². The van der Waals surface area contributed by atoms with E-state index in [-0.39, 0.29) is 5.41 Å². The summed E-state index contributed by atoms with van der Waals surface area (Å²) in [4.78, 5) is 12.8. The van der Waals surface area contributed by atoms with Crippen LogP contribution in [0.25, 0.3) is 16.7 Å². The molecule has 116 valence electrons. The molecule has 0 bridgehead atoms. The van der Waals surface area contributed by atoms with Crippen LogP contribution in [-0.2, 0) is 5.41 Å². The Kier molecular flexibility index (Phi) is 3.22. The third kappa shape index (κ3) is 2.23. The summed E-state index contributed by atoms with van der Waals surface area (Å²) in [6, 6.07) is 8.54. The van der Waals surface area contributed by atoms with Crippen LogP contribution in [-0.4, -0.2) is 33.0 Å². The molecule has 1 aliphatic carbocycles. The highest BCUT2D eigenvalue weighted by molar-refractivity contribution is 5.84. The molecule has 0 N–H and O–H groups in total. The largest absolute Gasteiger partial charge is 0.300 e. The van der Waals surface area contributed by atoms with Crippen molar-refractivity contribution >= 4 is 17.1 Å². The molecule has 1 saturated carbocycles. The first-order chi connectivity index (χ1) is 11.2. The normalized spacial score (nSPS) is 16.8. The molecule has 2 aromatic heterocycles. The first-order valence-corrected chi connectivity index (χ1v) is 7.92. The van der Waals surface area contributed by atoms with E-state index in [9.17, 15) is 0 Å². The summed E-state index contributed by atoms with van der Waals surface area (Å²) in [7, 11) is 1.85. The monoisotopic (exact) mass is 305 g/mol. The molecule has 0 radical (unpaired) electrons. The van der Waals surface area contributed by atoms with E-state index >= 15 is 0 Å². The van der Waals surface area contributed by atoms with Crippen LogP contribution in [0.15, 0.2) is 41.8 Å². The molecule has 0 unspecified atom stereocenters. The van der Waals surface area contributed by atoms with Gasteiger partial charge in [0.1, 0.15) is 6.33 Å². The Morgan fingerprint density at radius 1 is 1.22 bits per heavy atom. The molecule has 2 heterocycles. The quantitative estimate of drug-likeness (QED) is 0.698. The van der Waals surface area contributed by atoms with Crippen molar-refractivity contribution in [1.29, 1.82) is 0 Å². The van der Waals surface area contributed by atoms with Crippen molar-refractivity contribution in [2.45, 2.75) is 31.6 Å². The molecule has 0 spiro atoms. The van der Waals surface area contributed by atoms with Crippen LogP contribution >= 0.6 is 0 Å². The highest BCUT2D eigenvalue weighted by Crippen LogP contribution is 2.43. The van der Waals surface area contributed by atoms with Gasteiger partial charge >= 0.3 is 0 Å². The molecule has 0 atom stereocenters. The molecule has 0 amide bonds. The van der Waals surface area contributed by atoms with Crippen LogP contribution in [0.3, 0.4) is 0 Å². The van der Waals surface area contributed by atoms with Gasteiger partial charge in [-0.3, -0.25) is 4.99 Å². The van der Waals surface area contributed by atoms with E-state index in [1.807, 2.05) is 30.9 Å². The molecule has 0 saturated heterocycles. The lowest BCUT2D eigenvalue weighted by molar-refractivity contribution is 0.348. The van der Waals surface area contributed by atoms with E-state index in [4.69, 9.17) is 0 Å². The van der Waals surface area contributed by atoms with Gasteiger partial charge in [-0.15, -0.1) is 0 Å². The van der Waals surface area contributed by atoms with Gasteiger partial charge in [-0.2, -0.15) is 5.10 Å². The third-order valence-corrected chi connectivity index (χ3v) is 4.77. The van der Waals surface area contributed by atoms with Crippen molar-refractivity contribution in [1.82, 2.24) is 19.7 Å². The molecule has 1 aliphatic rings. The maximum Gasteiger partial charge on any atom is 0.157 e. The van der Waals surface area contributed by atoms with E-state index in [0.717, 1.165) is 35.3 Å². The number of aryl methyl sites for hydroxylation is 1. The van der Waals surface area contributed by atoms with Crippen LogP contribution < -0.4 is 0 Å². The summed E-state index contributed by atoms with van der Waals surface area (Å²) >= 11 is 0. The Bertz CT molecular complexity index is 889. The van der Waals surface area contributed by atoms with Gasteiger partial charge in [-0.1, -0.05) is 18.6 Å². The predicted octanol–water partition coefficient (Wildman–Crippen LogP) is 3.25. The second-order valence-corrected chi connectivity index (χ2v) is 6.24. The van der Waals surface area contributed by atoms with E-state index in [2.05, 4.69) is 44.5 Å². The van der Waals surface area contributed by atoms with E-state index < -0.39 is 0 Å². The van der Waals surface area contributed by atoms with Gasteiger partial charge in [0, 0.05) is 35.8 Å². The molecule has 3 aromatic rings. The molecule has 0 aliphatic heterocycles. The molecule has 1 aromatic carbocycles. The maximum absolute atomic E-state index is 4.51. The second-order valence-electron chi connectivity index (χ2n) is 6.24. The van der Waals surface area contributed by atoms with Crippen molar-refractivity contribution in [3.63, 3.8) is 0 Å². The van der Waals surface area contributed by atoms with Crippen LogP contribution in [0.5, 0.6) is 0 Å². The number of aliphatic imine (C=N–C) groups is 1. The lowest BCUT2D eigenvalue weighted by Gasteiger charge is -2.39. The smallest absolute Gasteiger partial charge is 0.157 e. The van der Waals surface area contributed by atoms with Gasteiger partial charge in [0.2, 0.25) is 0 Å². The first kappa shape index (κ1) is 14.1. The van der Waals surface area contributed by atoms with Gasteiger partial charge < -0.3 is 0 Å². The zero-order chi connectivity index (χ0) is 15.9. The number of hydrogen-bond acceptors (Lipinski definition) is 4. The predicted molar refractivity (Wildman–Crippen MR) is 91.3 cm³/mol. The van der Waals surface area contributed by atoms with Crippen molar-refractivity contribution in [2.75, 3.05) is 7.05 Å². The zero-order valence-electron chi connectivity index (χ0n) is 13.4. The number of aromatic nitrogens is 4. The van der Waals surface area contributed by atoms with Gasteiger partial charge in [-0.25, -0.2) is 14.6 Å². The lowest BCUT2D eigenvalue weighted by atomic mass is 9.65. The van der Waals surface area contributed by atoms with E-state index in [1.54, 1.807) is 6.33 Å². The Hall–Kier alpha value is -2.56. The fraction of sp³-hybridized carbons (Fsp3) is 0.333. The van der Waals surface area contributed by atoms with Crippen LogP contribution in [0.4, 0.5) is 0 Å². The van der Waals surface area contributed by atoms with Crippen LogP contribution in [0.1, 0.15) is 30.5 Å². The summed E-state index contributed by atoms with van der Waals surface area (Å²) in [5.41, 5.74) is 3.42. The highest BCUT2D eigenvalue weighted by Gasteiger charge is 2.37. The molecule has 1 fully saturated rings. The van der Waals surface area contributed by atoms with Crippen LogP contribution in [0, 0.1) is 6.92 Å². The number of rotatable bonds is 3. The standard InChI is InChI=1S/C18H19N5/c1-13-8-17(21-12-20-13)23-16-9-15(5-4-14(16)10-22-23)18(11-19-2)6-3-7-18/h4-5,8-12H,3,6-7H2,1-2H3. The number of hydrogen-bond donors (Lipinski definition) is 0. The molecule has 5 nitrogen and oxygen atoms in total. The zero-order valence-corrected chi connectivity index (χ0v) is 13.4. The average Bonchev–Trinajstić information content (AvgIpc) is 2.94. The Labute approximate surface area is 135 Å². The van der Waals surface area contributed by atoms with Gasteiger partial charge in [0.15, 0.2) is 5.82 Å². The maximum atomic E-state index is 4.51. The van der Waals surface area contributed by atoms with E-state index in [1.165, 1.54) is 12.0 Å². The minimum absolute atomic E-state index is 0.0969. The Morgan fingerprint density at radius 3 is 2.78 bits per heavy atom. The van der Waals surface area contributed by atoms with Gasteiger partial charge in [0.05, 0.1) is 11.7 Å². The fourth-order valence-electron chi connectivity index (χ4n) is 3.36. The summed E-state index contributed by atoms with van der Waals surface area (Å²) in [6.07, 6.45) is 9.16. The topological polar surface area (TPSA) is 56.0 Å². The van der Waals surface area contributed by atoms with E-state index in [0.29, 0.717) is 0 Å². The summed E-state index contributed by atoms with van der Waals surface area (Å²) in [6.45, 7) is 1.96. The van der Waals surface area contributed by atoms with Crippen molar-refractivity contribution in [2.24, 2.45) is 4.99 Å². The Morgan fingerprint density at radius 2 is 2.09 bits per heavy atom. The SMILES string of the molecule is CN=CC1(c2ccc3cnn(-c4cc(C)ncn4)c3c2)CCC1. The van der Waals surface area contributed by atoms with Crippen LogP contribution in [0.2, 0.25) is 0 Å². The number of nitrogens with zero attached hydrogens (tertiary/aromatic N) is 5. The molecule has 5 heteroatoms. The highest BCUT2D eigenvalue weighted by atomic mass is 15.3. The van der Waals surface area contributed by atoms with Crippen molar-refractivity contribution < 1.29 is 0 Å². The third-order valence-electron chi connectivity index (χ3n) is 4.77. The lowest BCUT2D eigenvalue weighted by Crippen LogP contribution is -2.35. The van der Waals surface area contributed by atoms with Crippen molar-refractivity contribution in [3.8, 4) is 5.82 Å². The summed E-state index contributed by atoms with van der Waals surface area (Å²) in [5.74, 6) is 0.802. The molecular weight excluding hydrogens is 286 g/mol. The number of benzene rings is 1. The summed E-state index contributed by atoms with van der Waals surface area (Å²) in [5, 5.41) is 5.63. The molecular formula is C18H19N5. The average molecular weight is 305 g/mol. The second kappa shape index (κ2) is 5.26. The number of fused-ring (bicyclic) bond motifs is 1. The van der Waals surface area contributed by atoms with Gasteiger partial charge in [-0.05, 0) is 31.4 Å². The minimum Gasteiger partial charge on any atom is -0.300 e. The van der Waals surface area contributed by atoms with Gasteiger partial charge in [0.25, 0.3) is 0 Å². The molecule has 23 heavy (non-hydrogen) atoms.